The fourth-order valence-corrected chi connectivity index (χ4v) is 7.30. The van der Waals surface area contributed by atoms with Gasteiger partial charge in [0.25, 0.3) is 11.8 Å². The zero-order valence-corrected chi connectivity index (χ0v) is 34.3. The van der Waals surface area contributed by atoms with Crippen LogP contribution in [0.5, 0.6) is 11.5 Å². The largest absolute Gasteiger partial charge is 0.490 e. The number of carbonyl (C=O) groups excluding carboxylic acids is 2. The zero-order chi connectivity index (χ0) is 41.0. The molecule has 8 heteroatoms. The van der Waals surface area contributed by atoms with Crippen LogP contribution < -0.4 is 20.1 Å². The summed E-state index contributed by atoms with van der Waals surface area (Å²) in [6.45, 7) is 6.36. The number of nitrogens with zero attached hydrogens (tertiary/aromatic N) is 2. The van der Waals surface area contributed by atoms with Gasteiger partial charge in [-0.3, -0.25) is 9.59 Å². The number of rotatable bonds is 10. The number of hydrogen-bond acceptors (Lipinski definition) is 6. The van der Waals surface area contributed by atoms with Crippen molar-refractivity contribution < 1.29 is 19.1 Å². The Kier molecular flexibility index (Phi) is 13.9. The smallest absolute Gasteiger partial charge is 0.255 e. The van der Waals surface area contributed by atoms with E-state index in [9.17, 15) is 9.59 Å². The van der Waals surface area contributed by atoms with Gasteiger partial charge in [-0.05, 0) is 142 Å². The van der Waals surface area contributed by atoms with Crippen molar-refractivity contribution in [3.63, 3.8) is 0 Å². The molecule has 0 atom stereocenters. The maximum Gasteiger partial charge on any atom is 0.255 e. The normalized spacial score (nSPS) is 15.0. The van der Waals surface area contributed by atoms with Gasteiger partial charge in [-0.25, -0.2) is 0 Å². The van der Waals surface area contributed by atoms with Crippen LogP contribution in [0, 0.1) is 6.92 Å². The first-order chi connectivity index (χ1) is 28.7. The van der Waals surface area contributed by atoms with Crippen LogP contribution in [-0.2, 0) is 0 Å². The minimum Gasteiger partial charge on any atom is -0.490 e. The number of piperidine rings is 2. The predicted octanol–water partition coefficient (Wildman–Crippen LogP) is 10.5. The molecule has 0 unspecified atom stereocenters. The molecule has 2 aliphatic heterocycles. The molecule has 0 spiro atoms. The number of nitrogens with one attached hydrogen (secondary N) is 2. The van der Waals surface area contributed by atoms with E-state index in [1.807, 2.05) is 134 Å². The highest BCUT2D eigenvalue weighted by atomic mass is 16.5. The summed E-state index contributed by atoms with van der Waals surface area (Å²) < 4.78 is 12.3. The van der Waals surface area contributed by atoms with E-state index in [2.05, 4.69) is 58.8 Å². The van der Waals surface area contributed by atoms with Crippen LogP contribution in [0.15, 0.2) is 152 Å². The van der Waals surface area contributed by atoms with E-state index in [-0.39, 0.29) is 11.8 Å². The van der Waals surface area contributed by atoms with Gasteiger partial charge in [0.2, 0.25) is 0 Å². The van der Waals surface area contributed by atoms with Gasteiger partial charge >= 0.3 is 0 Å². The first-order valence-electron chi connectivity index (χ1n) is 20.6. The standard InChI is InChI=1S/C26H28N2O2.C25H26N2O2/c1-19-6-8-21(9-7-19)26(29)27-23-5-3-4-22(18-23)20-10-12-24(13-11-20)30-25-14-16-28(2)17-15-25;1-27-16-14-24(15-17-27)29-23-12-10-19(11-13-23)21-8-5-9-22(18-21)26-25(28)20-6-3-2-4-7-20/h3-13,18,25H,14-17H2,1-2H3,(H,27,29);2-13,18,24H,14-17H2,1H3,(H,26,28). The summed E-state index contributed by atoms with van der Waals surface area (Å²) in [7, 11) is 4.31. The number of aryl methyl sites for hydroxylation is 1. The van der Waals surface area contributed by atoms with Gasteiger partial charge in [-0.2, -0.15) is 0 Å². The van der Waals surface area contributed by atoms with Crippen molar-refractivity contribution in [2.24, 2.45) is 0 Å². The summed E-state index contributed by atoms with van der Waals surface area (Å²) in [4.78, 5) is 29.6. The molecule has 302 valence electrons. The van der Waals surface area contributed by atoms with Crippen molar-refractivity contribution in [3.05, 3.63) is 168 Å². The van der Waals surface area contributed by atoms with Gasteiger partial charge in [-0.1, -0.05) is 84.4 Å². The zero-order valence-electron chi connectivity index (χ0n) is 34.3. The monoisotopic (exact) mass is 786 g/mol. The molecular formula is C51H54N4O4. The summed E-state index contributed by atoms with van der Waals surface area (Å²) in [6, 6.07) is 49.1. The molecule has 0 radical (unpaired) electrons. The molecule has 0 bridgehead atoms. The van der Waals surface area contributed by atoms with Gasteiger partial charge in [0.15, 0.2) is 0 Å². The summed E-state index contributed by atoms with van der Waals surface area (Å²) >= 11 is 0. The molecule has 2 aliphatic rings. The highest BCUT2D eigenvalue weighted by molar-refractivity contribution is 6.05. The van der Waals surface area contributed by atoms with Gasteiger partial charge < -0.3 is 29.9 Å². The molecule has 59 heavy (non-hydrogen) atoms. The molecule has 0 aliphatic carbocycles. The number of likely N-dealkylation sites (tertiary alicyclic amines) is 2. The van der Waals surface area contributed by atoms with Crippen molar-refractivity contribution in [1.82, 2.24) is 9.80 Å². The summed E-state index contributed by atoms with van der Waals surface area (Å²) in [5.41, 5.74) is 8.30. The first kappa shape index (κ1) is 41.0. The second-order valence-corrected chi connectivity index (χ2v) is 15.6. The molecule has 0 aromatic heterocycles. The fourth-order valence-electron chi connectivity index (χ4n) is 7.30. The Balaban J connectivity index is 0.000000179. The van der Waals surface area contributed by atoms with Crippen LogP contribution in [0.1, 0.15) is 52.0 Å². The van der Waals surface area contributed by atoms with Crippen LogP contribution in [0.4, 0.5) is 11.4 Å². The number of carbonyl (C=O) groups is 2. The molecule has 6 aromatic rings. The van der Waals surface area contributed by atoms with Crippen molar-refractivity contribution in [2.75, 3.05) is 50.9 Å². The van der Waals surface area contributed by atoms with Gasteiger partial charge in [0.1, 0.15) is 23.7 Å². The fraction of sp³-hybridized carbons (Fsp3) is 0.255. The average molecular weight is 787 g/mol. The van der Waals surface area contributed by atoms with E-state index in [0.717, 1.165) is 103 Å². The lowest BCUT2D eigenvalue weighted by Gasteiger charge is -2.29. The Labute approximate surface area is 348 Å². The molecule has 2 saturated heterocycles. The van der Waals surface area contributed by atoms with Gasteiger partial charge in [0, 0.05) is 48.7 Å². The number of benzene rings is 6. The third-order valence-corrected chi connectivity index (χ3v) is 10.9. The molecule has 6 aromatic carbocycles. The van der Waals surface area contributed by atoms with Crippen molar-refractivity contribution in [3.8, 4) is 33.8 Å². The molecule has 2 fully saturated rings. The molecule has 0 saturated carbocycles. The highest BCUT2D eigenvalue weighted by Crippen LogP contribution is 2.28. The lowest BCUT2D eigenvalue weighted by Crippen LogP contribution is -2.35. The number of ether oxygens (including phenoxy) is 2. The van der Waals surface area contributed by atoms with Crippen LogP contribution in [0.3, 0.4) is 0 Å². The lowest BCUT2D eigenvalue weighted by atomic mass is 10.0. The molecule has 2 heterocycles. The van der Waals surface area contributed by atoms with Crippen molar-refractivity contribution in [1.29, 1.82) is 0 Å². The molecule has 8 rings (SSSR count). The Morgan fingerprint density at radius 2 is 0.881 bits per heavy atom. The van der Waals surface area contributed by atoms with Crippen LogP contribution in [0.2, 0.25) is 0 Å². The van der Waals surface area contributed by atoms with Crippen molar-refractivity contribution >= 4 is 23.2 Å². The van der Waals surface area contributed by atoms with E-state index >= 15 is 0 Å². The van der Waals surface area contributed by atoms with E-state index < -0.39 is 0 Å². The molecule has 2 amide bonds. The Morgan fingerprint density at radius 1 is 0.475 bits per heavy atom. The maximum atomic E-state index is 12.5. The second kappa shape index (κ2) is 20.0. The van der Waals surface area contributed by atoms with Crippen molar-refractivity contribution in [2.45, 2.75) is 44.8 Å². The number of hydrogen-bond donors (Lipinski definition) is 2. The van der Waals surface area contributed by atoms with E-state index in [1.165, 1.54) is 0 Å². The SMILES string of the molecule is CN1CCC(Oc2ccc(-c3cccc(NC(=O)c4ccccc4)c3)cc2)CC1.Cc1ccc(C(=O)Nc2cccc(-c3ccc(OC4CCN(C)CC4)cc3)c2)cc1. The Hall–Kier alpha value is -6.22. The third-order valence-electron chi connectivity index (χ3n) is 10.9. The summed E-state index contributed by atoms with van der Waals surface area (Å²) in [6.07, 6.45) is 4.88. The summed E-state index contributed by atoms with van der Waals surface area (Å²) in [5, 5.41) is 5.96. The van der Waals surface area contributed by atoms with Gasteiger partial charge in [-0.15, -0.1) is 0 Å². The quantitative estimate of drug-likeness (QED) is 0.144. The third kappa shape index (κ3) is 11.9. The highest BCUT2D eigenvalue weighted by Gasteiger charge is 2.19. The second-order valence-electron chi connectivity index (χ2n) is 15.6. The first-order valence-corrected chi connectivity index (χ1v) is 20.6. The maximum absolute atomic E-state index is 12.5. The van der Waals surface area contributed by atoms with Crippen LogP contribution in [-0.4, -0.2) is 74.1 Å². The molecular weight excluding hydrogens is 733 g/mol. The van der Waals surface area contributed by atoms with E-state index in [1.54, 1.807) is 0 Å². The van der Waals surface area contributed by atoms with Crippen LogP contribution >= 0.6 is 0 Å². The Morgan fingerprint density at radius 3 is 1.31 bits per heavy atom. The number of amides is 2. The number of anilines is 2. The minimum absolute atomic E-state index is 0.103. The van der Waals surface area contributed by atoms with E-state index in [0.29, 0.717) is 23.3 Å². The summed E-state index contributed by atoms with van der Waals surface area (Å²) in [5.74, 6) is 1.62. The lowest BCUT2D eigenvalue weighted by molar-refractivity contribution is 0.101. The minimum atomic E-state index is -0.107. The molecule has 2 N–H and O–H groups in total. The predicted molar refractivity (Wildman–Crippen MR) is 240 cm³/mol. The van der Waals surface area contributed by atoms with Gasteiger partial charge in [0.05, 0.1) is 0 Å². The van der Waals surface area contributed by atoms with Crippen LogP contribution in [0.25, 0.3) is 22.3 Å². The van der Waals surface area contributed by atoms with E-state index in [4.69, 9.17) is 9.47 Å². The average Bonchev–Trinajstić information content (AvgIpc) is 3.27. The molecule has 8 nitrogen and oxygen atoms in total. The Bertz CT molecular complexity index is 2260. The topological polar surface area (TPSA) is 83.1 Å².